The molecule has 0 fully saturated rings. The van der Waals surface area contributed by atoms with Gasteiger partial charge in [-0.3, -0.25) is 9.59 Å². The van der Waals surface area contributed by atoms with Crippen molar-refractivity contribution >= 4 is 34.8 Å². The average Bonchev–Trinajstić information content (AvgIpc) is 2.57. The molecule has 2 aromatic rings. The lowest BCUT2D eigenvalue weighted by atomic mass is 10.1. The molecule has 0 aromatic heterocycles. The molecule has 2 amide bonds. The van der Waals surface area contributed by atoms with Crippen LogP contribution in [0.25, 0.3) is 0 Å². The third-order valence-corrected chi connectivity index (χ3v) is 3.71. The van der Waals surface area contributed by atoms with Crippen molar-refractivity contribution < 1.29 is 9.59 Å². The number of anilines is 2. The monoisotopic (exact) mass is 345 g/mol. The SMILES string of the molecule is CN(C)c1ccc(CCNC(=O)C(=O)Nc2ccc(Cl)cc2)cc1. The van der Waals surface area contributed by atoms with E-state index in [9.17, 15) is 9.59 Å². The van der Waals surface area contributed by atoms with Gasteiger partial charge < -0.3 is 15.5 Å². The van der Waals surface area contributed by atoms with Gasteiger partial charge in [0.25, 0.3) is 0 Å². The van der Waals surface area contributed by atoms with Gasteiger partial charge in [0, 0.05) is 37.0 Å². The molecule has 0 radical (unpaired) electrons. The predicted octanol–water partition coefficient (Wildman–Crippen LogP) is 2.70. The molecule has 6 heteroatoms. The van der Waals surface area contributed by atoms with Crippen molar-refractivity contribution in [2.24, 2.45) is 0 Å². The van der Waals surface area contributed by atoms with Crippen molar-refractivity contribution in [2.45, 2.75) is 6.42 Å². The molecule has 126 valence electrons. The highest BCUT2D eigenvalue weighted by Gasteiger charge is 2.12. The van der Waals surface area contributed by atoms with Crippen molar-refractivity contribution in [1.29, 1.82) is 0 Å². The minimum Gasteiger partial charge on any atom is -0.378 e. The van der Waals surface area contributed by atoms with Crippen LogP contribution in [0.2, 0.25) is 5.02 Å². The van der Waals surface area contributed by atoms with Crippen LogP contribution in [-0.2, 0) is 16.0 Å². The van der Waals surface area contributed by atoms with Gasteiger partial charge in [-0.15, -0.1) is 0 Å². The fourth-order valence-corrected chi connectivity index (χ4v) is 2.21. The van der Waals surface area contributed by atoms with E-state index in [-0.39, 0.29) is 0 Å². The number of amides is 2. The number of benzene rings is 2. The van der Waals surface area contributed by atoms with Crippen LogP contribution < -0.4 is 15.5 Å². The molecule has 0 aliphatic carbocycles. The van der Waals surface area contributed by atoms with E-state index in [1.54, 1.807) is 24.3 Å². The van der Waals surface area contributed by atoms with E-state index in [4.69, 9.17) is 11.6 Å². The largest absolute Gasteiger partial charge is 0.378 e. The Balaban J connectivity index is 1.77. The molecular weight excluding hydrogens is 326 g/mol. The van der Waals surface area contributed by atoms with E-state index in [0.717, 1.165) is 11.3 Å². The summed E-state index contributed by atoms with van der Waals surface area (Å²) in [5, 5.41) is 5.70. The molecule has 5 nitrogen and oxygen atoms in total. The van der Waals surface area contributed by atoms with E-state index in [1.807, 2.05) is 43.3 Å². The lowest BCUT2D eigenvalue weighted by Gasteiger charge is -2.12. The van der Waals surface area contributed by atoms with Crippen LogP contribution in [0.1, 0.15) is 5.56 Å². The Morgan fingerprint density at radius 1 is 0.958 bits per heavy atom. The molecule has 0 saturated carbocycles. The molecule has 2 rings (SSSR count). The summed E-state index contributed by atoms with van der Waals surface area (Å²) in [5.74, 6) is -1.35. The minimum atomic E-state index is -0.694. The number of hydrogen-bond acceptors (Lipinski definition) is 3. The van der Waals surface area contributed by atoms with Crippen LogP contribution in [-0.4, -0.2) is 32.5 Å². The third-order valence-electron chi connectivity index (χ3n) is 3.46. The van der Waals surface area contributed by atoms with Gasteiger partial charge in [-0.05, 0) is 48.4 Å². The first kappa shape index (κ1) is 17.8. The van der Waals surface area contributed by atoms with Crippen molar-refractivity contribution in [1.82, 2.24) is 5.32 Å². The highest BCUT2D eigenvalue weighted by Crippen LogP contribution is 2.13. The summed E-state index contributed by atoms with van der Waals surface area (Å²) >= 11 is 5.77. The molecule has 0 aliphatic heterocycles. The van der Waals surface area contributed by atoms with Crippen LogP contribution in [0.5, 0.6) is 0 Å². The molecule has 0 heterocycles. The van der Waals surface area contributed by atoms with E-state index in [1.165, 1.54) is 0 Å². The van der Waals surface area contributed by atoms with Gasteiger partial charge in [0.2, 0.25) is 0 Å². The maximum Gasteiger partial charge on any atom is 0.313 e. The smallest absolute Gasteiger partial charge is 0.313 e. The Labute approximate surface area is 146 Å². The second kappa shape index (κ2) is 8.36. The van der Waals surface area contributed by atoms with Crippen LogP contribution >= 0.6 is 11.6 Å². The molecule has 0 spiro atoms. The standard InChI is InChI=1S/C18H20ClN3O2/c1-22(2)16-9-3-13(4-10-16)11-12-20-17(23)18(24)21-15-7-5-14(19)6-8-15/h3-10H,11-12H2,1-2H3,(H,20,23)(H,21,24). The van der Waals surface area contributed by atoms with Crippen molar-refractivity contribution in [2.75, 3.05) is 30.9 Å². The maximum absolute atomic E-state index is 11.8. The van der Waals surface area contributed by atoms with Crippen LogP contribution in [0.3, 0.4) is 0 Å². The van der Waals surface area contributed by atoms with Gasteiger partial charge in [0.05, 0.1) is 0 Å². The number of carbonyl (C=O) groups excluding carboxylic acids is 2. The van der Waals surface area contributed by atoms with Gasteiger partial charge in [0.15, 0.2) is 0 Å². The molecule has 0 saturated heterocycles. The normalized spacial score (nSPS) is 10.1. The number of nitrogens with one attached hydrogen (secondary N) is 2. The Morgan fingerprint density at radius 2 is 1.58 bits per heavy atom. The van der Waals surface area contributed by atoms with E-state index in [2.05, 4.69) is 10.6 Å². The fourth-order valence-electron chi connectivity index (χ4n) is 2.08. The minimum absolute atomic E-state index is 0.397. The summed E-state index contributed by atoms with van der Waals surface area (Å²) in [7, 11) is 3.96. The maximum atomic E-state index is 11.8. The van der Waals surface area contributed by atoms with Crippen LogP contribution in [0, 0.1) is 0 Å². The summed E-state index contributed by atoms with van der Waals surface area (Å²) in [5.41, 5.74) is 2.74. The van der Waals surface area contributed by atoms with Crippen LogP contribution in [0.4, 0.5) is 11.4 Å². The second-order valence-corrected chi connectivity index (χ2v) is 5.96. The Morgan fingerprint density at radius 3 is 2.17 bits per heavy atom. The molecule has 2 aromatic carbocycles. The van der Waals surface area contributed by atoms with Gasteiger partial charge in [-0.25, -0.2) is 0 Å². The number of nitrogens with zero attached hydrogens (tertiary/aromatic N) is 1. The molecule has 24 heavy (non-hydrogen) atoms. The Bertz CT molecular complexity index is 697. The first-order chi connectivity index (χ1) is 11.5. The summed E-state index contributed by atoms with van der Waals surface area (Å²) in [4.78, 5) is 25.6. The van der Waals surface area contributed by atoms with Gasteiger partial charge in [0.1, 0.15) is 0 Å². The number of halogens is 1. The molecule has 0 unspecified atom stereocenters. The molecular formula is C18H20ClN3O2. The molecule has 0 aliphatic rings. The van der Waals surface area contributed by atoms with Crippen molar-refractivity contribution in [3.63, 3.8) is 0 Å². The second-order valence-electron chi connectivity index (χ2n) is 5.53. The van der Waals surface area contributed by atoms with Gasteiger partial charge in [-0.2, -0.15) is 0 Å². The number of carbonyl (C=O) groups is 2. The first-order valence-electron chi connectivity index (χ1n) is 7.57. The van der Waals surface area contributed by atoms with E-state index >= 15 is 0 Å². The topological polar surface area (TPSA) is 61.4 Å². The Hall–Kier alpha value is -2.53. The van der Waals surface area contributed by atoms with E-state index in [0.29, 0.717) is 23.7 Å². The van der Waals surface area contributed by atoms with Crippen LogP contribution in [0.15, 0.2) is 48.5 Å². The number of rotatable bonds is 5. The van der Waals surface area contributed by atoms with Gasteiger partial charge in [-0.1, -0.05) is 23.7 Å². The first-order valence-corrected chi connectivity index (χ1v) is 7.94. The average molecular weight is 346 g/mol. The Kier molecular flexibility index (Phi) is 6.21. The van der Waals surface area contributed by atoms with Crippen molar-refractivity contribution in [3.05, 3.63) is 59.1 Å². The highest BCUT2D eigenvalue weighted by atomic mass is 35.5. The fraction of sp³-hybridized carbons (Fsp3) is 0.222. The summed E-state index contributed by atoms with van der Waals surface area (Å²) in [6.07, 6.45) is 0.660. The zero-order chi connectivity index (χ0) is 17.5. The highest BCUT2D eigenvalue weighted by molar-refractivity contribution is 6.39. The molecule has 0 atom stereocenters. The van der Waals surface area contributed by atoms with Gasteiger partial charge >= 0.3 is 11.8 Å². The predicted molar refractivity (Wildman–Crippen MR) is 97.6 cm³/mol. The molecule has 0 bridgehead atoms. The third kappa shape index (κ3) is 5.28. The molecule has 2 N–H and O–H groups in total. The number of hydrogen-bond donors (Lipinski definition) is 2. The zero-order valence-electron chi connectivity index (χ0n) is 13.7. The van der Waals surface area contributed by atoms with E-state index < -0.39 is 11.8 Å². The lowest BCUT2D eigenvalue weighted by Crippen LogP contribution is -2.36. The quantitative estimate of drug-likeness (QED) is 0.819. The summed E-state index contributed by atoms with van der Waals surface area (Å²) in [6.45, 7) is 0.397. The van der Waals surface area contributed by atoms with Crippen molar-refractivity contribution in [3.8, 4) is 0 Å². The lowest BCUT2D eigenvalue weighted by molar-refractivity contribution is -0.136. The summed E-state index contributed by atoms with van der Waals surface area (Å²) in [6, 6.07) is 14.6. The zero-order valence-corrected chi connectivity index (χ0v) is 14.4. The summed E-state index contributed by atoms with van der Waals surface area (Å²) < 4.78 is 0.